The molecule has 0 amide bonds. The normalized spacial score (nSPS) is 9.79. The van der Waals surface area contributed by atoms with Crippen LogP contribution in [-0.4, -0.2) is 0 Å². The van der Waals surface area contributed by atoms with E-state index in [0.29, 0.717) is 0 Å². The van der Waals surface area contributed by atoms with Crippen LogP contribution in [0.15, 0.2) is 48.5 Å². The van der Waals surface area contributed by atoms with Crippen molar-refractivity contribution in [1.82, 2.24) is 0 Å². The summed E-state index contributed by atoms with van der Waals surface area (Å²) in [6, 6.07) is 16.8. The van der Waals surface area contributed by atoms with Crippen LogP contribution in [0.2, 0.25) is 0 Å². The van der Waals surface area contributed by atoms with Crippen LogP contribution in [0.1, 0.15) is 0 Å². The number of benzene rings is 2. The van der Waals surface area contributed by atoms with Crippen molar-refractivity contribution in [3.8, 4) is 0 Å². The summed E-state index contributed by atoms with van der Waals surface area (Å²) in [5, 5.41) is 3.08. The average molecular weight is 186 g/mol. The van der Waals surface area contributed by atoms with E-state index in [4.69, 9.17) is 0 Å². The predicted molar refractivity (Wildman–Crippen MR) is 55.0 cm³/mol. The average Bonchev–Trinajstić information content (AvgIpc) is 2.19. The number of halogens is 1. The van der Waals surface area contributed by atoms with Gasteiger partial charge in [-0.2, -0.15) is 0 Å². The molecule has 0 aromatic heterocycles. The van der Waals surface area contributed by atoms with Gasteiger partial charge in [0.2, 0.25) is 0 Å². The summed E-state index contributed by atoms with van der Waals surface area (Å²) in [5.74, 6) is -0.356. The second-order valence-electron chi connectivity index (χ2n) is 2.92. The Hall–Kier alpha value is -1.83. The molecule has 0 saturated carbocycles. The molecule has 0 aliphatic carbocycles. The molecule has 0 fully saturated rings. The smallest absolute Gasteiger partial charge is 0.133 e. The summed E-state index contributed by atoms with van der Waals surface area (Å²) in [7, 11) is 0. The quantitative estimate of drug-likeness (QED) is 0.758. The van der Waals surface area contributed by atoms with Crippen molar-refractivity contribution in [2.75, 3.05) is 5.32 Å². The van der Waals surface area contributed by atoms with Gasteiger partial charge >= 0.3 is 0 Å². The fourth-order valence-electron chi connectivity index (χ4n) is 1.20. The lowest BCUT2D eigenvalue weighted by atomic mass is 10.2. The zero-order valence-corrected chi connectivity index (χ0v) is 7.50. The fourth-order valence-corrected chi connectivity index (χ4v) is 1.20. The zero-order valence-electron chi connectivity index (χ0n) is 7.50. The van der Waals surface area contributed by atoms with E-state index < -0.39 is 0 Å². The summed E-state index contributed by atoms with van der Waals surface area (Å²) >= 11 is 0. The monoisotopic (exact) mass is 186 g/mol. The minimum Gasteiger partial charge on any atom is -0.355 e. The maximum absolute atomic E-state index is 12.8. The summed E-state index contributed by atoms with van der Waals surface area (Å²) in [4.78, 5) is 0. The molecule has 2 aromatic rings. The number of hydrogen-bond acceptors (Lipinski definition) is 1. The Balaban J connectivity index is 2.19. The number of hydrogen-bond donors (Lipinski definition) is 1. The molecule has 0 aliphatic rings. The minimum absolute atomic E-state index is 0.356. The maximum atomic E-state index is 12.8. The summed E-state index contributed by atoms with van der Waals surface area (Å²) < 4.78 is 12.8. The van der Waals surface area contributed by atoms with Gasteiger partial charge in [-0.25, -0.2) is 4.39 Å². The third-order valence-electron chi connectivity index (χ3n) is 1.83. The van der Waals surface area contributed by atoms with Crippen LogP contribution in [0.25, 0.3) is 0 Å². The van der Waals surface area contributed by atoms with Gasteiger partial charge in [0.15, 0.2) is 0 Å². The highest BCUT2D eigenvalue weighted by atomic mass is 19.1. The van der Waals surface area contributed by atoms with Gasteiger partial charge in [-0.05, 0) is 30.3 Å². The van der Waals surface area contributed by atoms with E-state index in [-0.39, 0.29) is 5.82 Å². The SMILES string of the molecule is Fc1[c]ccc(Nc2ccccc2)c1. The summed E-state index contributed by atoms with van der Waals surface area (Å²) in [6.07, 6.45) is 0. The van der Waals surface area contributed by atoms with E-state index >= 15 is 0 Å². The topological polar surface area (TPSA) is 12.0 Å². The van der Waals surface area contributed by atoms with Crippen LogP contribution in [0, 0.1) is 11.9 Å². The molecule has 2 aromatic carbocycles. The molecular weight excluding hydrogens is 177 g/mol. The van der Waals surface area contributed by atoms with E-state index in [1.165, 1.54) is 6.07 Å². The molecule has 0 atom stereocenters. The second-order valence-corrected chi connectivity index (χ2v) is 2.92. The lowest BCUT2D eigenvalue weighted by Gasteiger charge is -2.05. The molecule has 1 radical (unpaired) electrons. The van der Waals surface area contributed by atoms with Crippen LogP contribution in [0.5, 0.6) is 0 Å². The summed E-state index contributed by atoms with van der Waals surface area (Å²) in [5.41, 5.74) is 1.67. The standard InChI is InChI=1S/C12H9FN/c13-10-5-4-8-12(9-10)14-11-6-2-1-3-7-11/h1-4,6-9,14H. The van der Waals surface area contributed by atoms with Crippen LogP contribution in [-0.2, 0) is 0 Å². The van der Waals surface area contributed by atoms with E-state index in [1.807, 2.05) is 30.3 Å². The number of para-hydroxylation sites is 1. The number of anilines is 2. The van der Waals surface area contributed by atoms with Gasteiger partial charge in [-0.3, -0.25) is 0 Å². The molecule has 69 valence electrons. The first kappa shape index (κ1) is 8.75. The Kier molecular flexibility index (Phi) is 2.45. The second kappa shape index (κ2) is 3.92. The first-order valence-corrected chi connectivity index (χ1v) is 4.34. The molecule has 14 heavy (non-hydrogen) atoms. The van der Waals surface area contributed by atoms with Crippen LogP contribution in [0.4, 0.5) is 15.8 Å². The number of rotatable bonds is 2. The lowest BCUT2D eigenvalue weighted by molar-refractivity contribution is 0.626. The third kappa shape index (κ3) is 2.10. The molecule has 2 rings (SSSR count). The Morgan fingerprint density at radius 2 is 1.79 bits per heavy atom. The molecule has 1 nitrogen and oxygen atoms in total. The molecular formula is C12H9FN. The number of nitrogens with one attached hydrogen (secondary N) is 1. The lowest BCUT2D eigenvalue weighted by Crippen LogP contribution is -1.89. The van der Waals surface area contributed by atoms with Crippen LogP contribution in [0.3, 0.4) is 0 Å². The van der Waals surface area contributed by atoms with Gasteiger partial charge in [0, 0.05) is 17.4 Å². The van der Waals surface area contributed by atoms with E-state index in [2.05, 4.69) is 11.4 Å². The maximum Gasteiger partial charge on any atom is 0.133 e. The Bertz CT molecular complexity index is 412. The molecule has 0 bridgehead atoms. The minimum atomic E-state index is -0.356. The Morgan fingerprint density at radius 3 is 2.50 bits per heavy atom. The van der Waals surface area contributed by atoms with Gasteiger partial charge < -0.3 is 5.32 Å². The van der Waals surface area contributed by atoms with Crippen molar-refractivity contribution >= 4 is 11.4 Å². The fraction of sp³-hybridized carbons (Fsp3) is 0. The van der Waals surface area contributed by atoms with Gasteiger partial charge in [0.1, 0.15) is 5.82 Å². The molecule has 0 saturated heterocycles. The van der Waals surface area contributed by atoms with Crippen LogP contribution < -0.4 is 5.32 Å². The zero-order chi connectivity index (χ0) is 9.80. The first-order valence-electron chi connectivity index (χ1n) is 4.34. The Morgan fingerprint density at radius 1 is 1.00 bits per heavy atom. The van der Waals surface area contributed by atoms with Gasteiger partial charge in [0.05, 0.1) is 0 Å². The van der Waals surface area contributed by atoms with E-state index in [9.17, 15) is 4.39 Å². The first-order chi connectivity index (χ1) is 6.84. The molecule has 1 N–H and O–H groups in total. The highest BCUT2D eigenvalue weighted by molar-refractivity contribution is 5.58. The molecule has 0 heterocycles. The molecule has 0 aliphatic heterocycles. The van der Waals surface area contributed by atoms with E-state index in [1.54, 1.807) is 12.1 Å². The third-order valence-corrected chi connectivity index (χ3v) is 1.83. The molecule has 0 unspecified atom stereocenters. The largest absolute Gasteiger partial charge is 0.355 e. The van der Waals surface area contributed by atoms with Crippen molar-refractivity contribution in [3.63, 3.8) is 0 Å². The van der Waals surface area contributed by atoms with Crippen molar-refractivity contribution in [3.05, 3.63) is 60.4 Å². The predicted octanol–water partition coefficient (Wildman–Crippen LogP) is 3.37. The Labute approximate surface area is 82.2 Å². The van der Waals surface area contributed by atoms with Gasteiger partial charge in [0.25, 0.3) is 0 Å². The highest BCUT2D eigenvalue weighted by Gasteiger charge is 1.94. The van der Waals surface area contributed by atoms with Crippen molar-refractivity contribution in [2.24, 2.45) is 0 Å². The van der Waals surface area contributed by atoms with Gasteiger partial charge in [-0.15, -0.1) is 0 Å². The van der Waals surface area contributed by atoms with Crippen molar-refractivity contribution < 1.29 is 4.39 Å². The van der Waals surface area contributed by atoms with Gasteiger partial charge in [-0.1, -0.05) is 18.2 Å². The molecule has 0 spiro atoms. The van der Waals surface area contributed by atoms with Crippen molar-refractivity contribution in [1.29, 1.82) is 0 Å². The molecule has 2 heteroatoms. The van der Waals surface area contributed by atoms with E-state index in [0.717, 1.165) is 11.4 Å². The highest BCUT2D eigenvalue weighted by Crippen LogP contribution is 2.15. The summed E-state index contributed by atoms with van der Waals surface area (Å²) in [6.45, 7) is 0. The van der Waals surface area contributed by atoms with Crippen LogP contribution >= 0.6 is 0 Å². The van der Waals surface area contributed by atoms with Crippen molar-refractivity contribution in [2.45, 2.75) is 0 Å².